The van der Waals surface area contributed by atoms with Gasteiger partial charge in [-0.3, -0.25) is 25.2 Å². The van der Waals surface area contributed by atoms with Crippen LogP contribution >= 0.6 is 0 Å². The summed E-state index contributed by atoms with van der Waals surface area (Å²) in [7, 11) is 0. The summed E-state index contributed by atoms with van der Waals surface area (Å²) in [5, 5.41) is 0.847. The van der Waals surface area contributed by atoms with Crippen LogP contribution in [-0.4, -0.2) is 24.4 Å². The number of nitrogens with one attached hydrogen (secondary N) is 2. The molecule has 0 radical (unpaired) electrons. The summed E-state index contributed by atoms with van der Waals surface area (Å²) in [6, 6.07) is 12.3. The van der Waals surface area contributed by atoms with Gasteiger partial charge in [0.05, 0.1) is 12.7 Å². The number of ether oxygens (including phenoxy) is 1. The van der Waals surface area contributed by atoms with E-state index in [4.69, 9.17) is 9.15 Å². The quantitative estimate of drug-likeness (QED) is 0.524. The highest BCUT2D eigenvalue weighted by Gasteiger charge is 2.15. The minimum Gasteiger partial charge on any atom is -0.464 e. The smallest absolute Gasteiger partial charge is 0.310 e. The third kappa shape index (κ3) is 4.37. The number of carbonyl (C=O) groups is 3. The molecule has 0 aliphatic carbocycles. The minimum atomic E-state index is -0.638. The molecular formula is C21H20N2O5. The molecule has 0 bridgehead atoms. The summed E-state index contributed by atoms with van der Waals surface area (Å²) in [6.07, 6.45) is 1.51. The maximum absolute atomic E-state index is 12.0. The van der Waals surface area contributed by atoms with E-state index >= 15 is 0 Å². The van der Waals surface area contributed by atoms with E-state index in [2.05, 4.69) is 10.9 Å². The van der Waals surface area contributed by atoms with Crippen LogP contribution in [0, 0.1) is 13.8 Å². The molecule has 2 amide bonds. The lowest BCUT2D eigenvalue weighted by atomic mass is 10.0. The monoisotopic (exact) mass is 380 g/mol. The summed E-state index contributed by atoms with van der Waals surface area (Å²) < 4.78 is 10.5. The highest BCUT2D eigenvalue weighted by atomic mass is 16.5. The first kappa shape index (κ1) is 19.2. The largest absolute Gasteiger partial charge is 0.464 e. The van der Waals surface area contributed by atoms with Gasteiger partial charge in [-0.2, -0.15) is 0 Å². The first-order chi connectivity index (χ1) is 13.5. The zero-order valence-corrected chi connectivity index (χ0v) is 15.6. The molecule has 1 heterocycles. The van der Waals surface area contributed by atoms with Crippen LogP contribution in [-0.2, 0) is 20.7 Å². The number of carbonyl (C=O) groups excluding carboxylic acids is 3. The average molecular weight is 380 g/mol. The fraction of sp³-hybridized carbons (Fsp3) is 0.190. The van der Waals surface area contributed by atoms with Crippen LogP contribution in [0.15, 0.2) is 53.1 Å². The van der Waals surface area contributed by atoms with Gasteiger partial charge in [-0.25, -0.2) is 0 Å². The Balaban J connectivity index is 1.48. The molecule has 2 aromatic carbocycles. The van der Waals surface area contributed by atoms with Crippen molar-refractivity contribution in [1.29, 1.82) is 0 Å². The Morgan fingerprint density at radius 2 is 1.75 bits per heavy atom. The number of esters is 1. The van der Waals surface area contributed by atoms with Crippen molar-refractivity contribution < 1.29 is 23.5 Å². The summed E-state index contributed by atoms with van der Waals surface area (Å²) in [5.74, 6) is -1.66. The van der Waals surface area contributed by atoms with Crippen LogP contribution in [0.4, 0.5) is 0 Å². The molecule has 1 aromatic heterocycles. The second-order valence-corrected chi connectivity index (χ2v) is 6.35. The van der Waals surface area contributed by atoms with Gasteiger partial charge in [0.15, 0.2) is 6.61 Å². The van der Waals surface area contributed by atoms with Gasteiger partial charge in [0.25, 0.3) is 11.8 Å². The fourth-order valence-electron chi connectivity index (χ4n) is 2.70. The van der Waals surface area contributed by atoms with Gasteiger partial charge in [-0.05, 0) is 37.1 Å². The predicted octanol–water partition coefficient (Wildman–Crippen LogP) is 2.60. The molecule has 3 aromatic rings. The molecule has 0 saturated heterocycles. The summed E-state index contributed by atoms with van der Waals surface area (Å²) in [5.41, 5.74) is 8.42. The summed E-state index contributed by atoms with van der Waals surface area (Å²) >= 11 is 0. The third-order valence-corrected chi connectivity index (χ3v) is 4.39. The van der Waals surface area contributed by atoms with E-state index in [1.807, 2.05) is 26.0 Å². The molecule has 28 heavy (non-hydrogen) atoms. The number of furan rings is 1. The molecule has 0 saturated carbocycles. The van der Waals surface area contributed by atoms with Gasteiger partial charge < -0.3 is 9.15 Å². The highest BCUT2D eigenvalue weighted by molar-refractivity contribution is 5.95. The third-order valence-electron chi connectivity index (χ3n) is 4.39. The van der Waals surface area contributed by atoms with Crippen molar-refractivity contribution in [2.24, 2.45) is 0 Å². The van der Waals surface area contributed by atoms with Crippen LogP contribution in [0.1, 0.15) is 27.0 Å². The molecule has 0 unspecified atom stereocenters. The topological polar surface area (TPSA) is 97.6 Å². The summed E-state index contributed by atoms with van der Waals surface area (Å²) in [6.45, 7) is 3.44. The molecule has 7 nitrogen and oxygen atoms in total. The van der Waals surface area contributed by atoms with Crippen molar-refractivity contribution in [2.75, 3.05) is 6.61 Å². The van der Waals surface area contributed by atoms with Gasteiger partial charge >= 0.3 is 5.97 Å². The first-order valence-corrected chi connectivity index (χ1v) is 8.72. The summed E-state index contributed by atoms with van der Waals surface area (Å²) in [4.78, 5) is 35.6. The highest BCUT2D eigenvalue weighted by Crippen LogP contribution is 2.26. The van der Waals surface area contributed by atoms with Crippen LogP contribution in [0.5, 0.6) is 0 Å². The molecule has 0 fully saturated rings. The number of rotatable bonds is 5. The first-order valence-electron chi connectivity index (χ1n) is 8.72. The lowest BCUT2D eigenvalue weighted by Crippen LogP contribution is -2.43. The number of hydrogen-bond acceptors (Lipinski definition) is 5. The number of hydrazine groups is 1. The molecule has 144 valence electrons. The van der Waals surface area contributed by atoms with E-state index in [-0.39, 0.29) is 6.42 Å². The minimum absolute atomic E-state index is 0.0147. The number of fused-ring (bicyclic) bond motifs is 1. The number of benzene rings is 2. The Labute approximate surface area is 161 Å². The standard InChI is InChI=1S/C21H20N2O5/c1-13-8-9-17-16(11-28-20(17)14(13)2)10-19(25)27-12-18(24)22-23-21(26)15-6-4-3-5-7-15/h3-9,11H,10,12H2,1-2H3,(H,22,24)(H,23,26). The van der Waals surface area contributed by atoms with Gasteiger partial charge in [0.1, 0.15) is 5.58 Å². The van der Waals surface area contributed by atoms with Crippen molar-refractivity contribution in [1.82, 2.24) is 10.9 Å². The zero-order chi connectivity index (χ0) is 20.1. The Bertz CT molecular complexity index is 1020. The van der Waals surface area contributed by atoms with Crippen molar-refractivity contribution in [2.45, 2.75) is 20.3 Å². The molecule has 0 aliphatic rings. The van der Waals surface area contributed by atoms with Gasteiger partial charge in [0, 0.05) is 16.5 Å². The van der Waals surface area contributed by atoms with Crippen molar-refractivity contribution in [3.63, 3.8) is 0 Å². The Morgan fingerprint density at radius 3 is 2.50 bits per heavy atom. The van der Waals surface area contributed by atoms with Crippen LogP contribution in [0.3, 0.4) is 0 Å². The van der Waals surface area contributed by atoms with Crippen LogP contribution in [0.2, 0.25) is 0 Å². The predicted molar refractivity (Wildman–Crippen MR) is 102 cm³/mol. The van der Waals surface area contributed by atoms with E-state index in [9.17, 15) is 14.4 Å². The molecule has 0 atom stereocenters. The Morgan fingerprint density at radius 1 is 1.00 bits per heavy atom. The van der Waals surface area contributed by atoms with Crippen LogP contribution in [0.25, 0.3) is 11.0 Å². The lowest BCUT2D eigenvalue weighted by molar-refractivity contribution is -0.148. The lowest BCUT2D eigenvalue weighted by Gasteiger charge is -2.08. The molecule has 0 aliphatic heterocycles. The fourth-order valence-corrected chi connectivity index (χ4v) is 2.70. The van der Waals surface area contributed by atoms with E-state index in [1.165, 1.54) is 6.26 Å². The maximum atomic E-state index is 12.0. The van der Waals surface area contributed by atoms with Crippen molar-refractivity contribution in [3.05, 3.63) is 71.0 Å². The van der Waals surface area contributed by atoms with Crippen molar-refractivity contribution in [3.8, 4) is 0 Å². The van der Waals surface area contributed by atoms with Crippen LogP contribution < -0.4 is 10.9 Å². The van der Waals surface area contributed by atoms with E-state index < -0.39 is 24.4 Å². The zero-order valence-electron chi connectivity index (χ0n) is 15.6. The Hall–Kier alpha value is -3.61. The van der Waals surface area contributed by atoms with E-state index in [0.717, 1.165) is 22.1 Å². The second kappa shape index (κ2) is 8.39. The van der Waals surface area contributed by atoms with E-state index in [0.29, 0.717) is 11.1 Å². The maximum Gasteiger partial charge on any atom is 0.310 e. The molecule has 2 N–H and O–H groups in total. The van der Waals surface area contributed by atoms with Gasteiger partial charge in [0.2, 0.25) is 0 Å². The molecular weight excluding hydrogens is 360 g/mol. The number of amides is 2. The van der Waals surface area contributed by atoms with Gasteiger partial charge in [-0.1, -0.05) is 30.3 Å². The van der Waals surface area contributed by atoms with Gasteiger partial charge in [-0.15, -0.1) is 0 Å². The van der Waals surface area contributed by atoms with Crippen molar-refractivity contribution >= 4 is 28.8 Å². The normalized spacial score (nSPS) is 10.5. The molecule has 3 rings (SSSR count). The number of hydrogen-bond donors (Lipinski definition) is 2. The molecule has 7 heteroatoms. The SMILES string of the molecule is Cc1ccc2c(CC(=O)OCC(=O)NNC(=O)c3ccccc3)coc2c1C. The second-order valence-electron chi connectivity index (χ2n) is 6.35. The molecule has 0 spiro atoms. The Kier molecular flexibility index (Phi) is 5.74. The average Bonchev–Trinajstić information content (AvgIpc) is 3.11. The number of aryl methyl sites for hydroxylation is 2. The van der Waals surface area contributed by atoms with E-state index in [1.54, 1.807) is 30.3 Å².